The Morgan fingerprint density at radius 1 is 0.377 bits per heavy atom. The highest BCUT2D eigenvalue weighted by molar-refractivity contribution is 5.94. The van der Waals surface area contributed by atoms with Crippen LogP contribution in [-0.2, 0) is 5.41 Å². The topological polar surface area (TPSA) is 54.8 Å². The van der Waals surface area contributed by atoms with Gasteiger partial charge in [-0.3, -0.25) is 4.98 Å². The van der Waals surface area contributed by atoms with E-state index in [4.69, 9.17) is 19.9 Å². The first kappa shape index (κ1) is 40.1. The van der Waals surface area contributed by atoms with Gasteiger partial charge in [0.1, 0.15) is 0 Å². The second-order valence-corrected chi connectivity index (χ2v) is 19.9. The first-order chi connectivity index (χ1) is 34.1. The molecule has 4 saturated carbocycles. The van der Waals surface area contributed by atoms with E-state index < -0.39 is 0 Å². The molecule has 69 heavy (non-hydrogen) atoms. The van der Waals surface area contributed by atoms with Crippen LogP contribution in [0.5, 0.6) is 0 Å². The number of hydrogen-bond donors (Lipinski definition) is 0. The smallest absolute Gasteiger partial charge is 0.164 e. The van der Waals surface area contributed by atoms with E-state index in [1.165, 1.54) is 65.9 Å². The van der Waals surface area contributed by atoms with E-state index in [-0.39, 0.29) is 5.41 Å². The average molecular weight is 888 g/mol. The van der Waals surface area contributed by atoms with Crippen molar-refractivity contribution in [3.8, 4) is 67.5 Å². The number of benzene rings is 8. The van der Waals surface area contributed by atoms with Crippen LogP contribution in [0.25, 0.3) is 78.4 Å². The van der Waals surface area contributed by atoms with E-state index >= 15 is 0 Å². The number of nitrogens with zero attached hydrogens (tertiary/aromatic N) is 5. The number of hydrogen-bond acceptors (Lipinski definition) is 5. The van der Waals surface area contributed by atoms with Crippen molar-refractivity contribution in [3.05, 3.63) is 224 Å². The fourth-order valence-corrected chi connectivity index (χ4v) is 13.4. The molecule has 2 aromatic heterocycles. The number of rotatable bonds is 7. The molecule has 5 nitrogen and oxygen atoms in total. The van der Waals surface area contributed by atoms with Crippen LogP contribution in [0.4, 0.5) is 17.1 Å². The lowest BCUT2D eigenvalue weighted by atomic mass is 9.41. The fraction of sp³-hybridized carbons (Fsp3) is 0.156. The van der Waals surface area contributed by atoms with Gasteiger partial charge >= 0.3 is 0 Å². The molecule has 0 unspecified atom stereocenters. The summed E-state index contributed by atoms with van der Waals surface area (Å²) in [5.74, 6) is 5.03. The summed E-state index contributed by atoms with van der Waals surface area (Å²) in [4.78, 5) is 22.6. The largest absolute Gasteiger partial charge is 0.310 e. The van der Waals surface area contributed by atoms with Crippen LogP contribution in [0.3, 0.4) is 0 Å². The molecule has 8 aromatic carbocycles. The standard InChI is InChI=1S/C64H49N5/c1-3-13-45(14-4-1)61-66-62(46-28-26-43(27-29-46)55-23-11-15-44-20-12-32-65-60(44)55)68-63(67-61)51-19-10-18-49(39-51)47-16-9-17-48(38-47)50-30-31-57-59(40-50)69(54-21-5-2-6-22-54)58-25-8-7-24-56(58)64(57)52-34-41-33-42(36-52)37-53(64)35-41/h1-32,38-42,52-53H,33-37H2. The zero-order valence-electron chi connectivity index (χ0n) is 38.3. The first-order valence-corrected chi connectivity index (χ1v) is 24.7. The average Bonchev–Trinajstić information content (AvgIpc) is 3.42. The third kappa shape index (κ3) is 6.59. The molecule has 15 rings (SSSR count). The van der Waals surface area contributed by atoms with Gasteiger partial charge in [0.25, 0.3) is 0 Å². The lowest BCUT2D eigenvalue weighted by Crippen LogP contribution is -2.57. The second-order valence-electron chi connectivity index (χ2n) is 19.9. The van der Waals surface area contributed by atoms with Crippen LogP contribution in [0, 0.1) is 23.7 Å². The molecule has 10 aromatic rings. The summed E-state index contributed by atoms with van der Waals surface area (Å²) in [5, 5.41) is 1.12. The number of fused-ring (bicyclic) bond motifs is 3. The molecule has 5 heteroatoms. The molecule has 0 atom stereocenters. The van der Waals surface area contributed by atoms with E-state index in [1.807, 2.05) is 30.5 Å². The van der Waals surface area contributed by atoms with E-state index in [0.29, 0.717) is 29.3 Å². The third-order valence-electron chi connectivity index (χ3n) is 16.1. The predicted octanol–water partition coefficient (Wildman–Crippen LogP) is 15.9. The van der Waals surface area contributed by atoms with E-state index in [1.54, 1.807) is 5.56 Å². The lowest BCUT2D eigenvalue weighted by Gasteiger charge is -2.64. The summed E-state index contributed by atoms with van der Waals surface area (Å²) in [5.41, 5.74) is 17.6. The normalized spacial score (nSPS) is 20.8. The highest BCUT2D eigenvalue weighted by atomic mass is 15.2. The number of aromatic nitrogens is 4. The summed E-state index contributed by atoms with van der Waals surface area (Å²) >= 11 is 0. The fourth-order valence-electron chi connectivity index (χ4n) is 13.4. The van der Waals surface area contributed by atoms with E-state index in [0.717, 1.165) is 61.7 Å². The van der Waals surface area contributed by atoms with Crippen molar-refractivity contribution in [2.24, 2.45) is 23.7 Å². The Morgan fingerprint density at radius 2 is 0.884 bits per heavy atom. The van der Waals surface area contributed by atoms with Crippen molar-refractivity contribution in [3.63, 3.8) is 0 Å². The minimum atomic E-state index is 0.0410. The Hall–Kier alpha value is -8.02. The van der Waals surface area contributed by atoms with Gasteiger partial charge in [0.2, 0.25) is 0 Å². The monoisotopic (exact) mass is 887 g/mol. The number of para-hydroxylation sites is 3. The maximum atomic E-state index is 5.16. The quantitative estimate of drug-likeness (QED) is 0.160. The number of anilines is 3. The van der Waals surface area contributed by atoms with Crippen molar-refractivity contribution in [2.75, 3.05) is 4.90 Å². The summed E-state index contributed by atoms with van der Waals surface area (Å²) in [6, 6.07) is 74.7. The molecule has 1 aliphatic heterocycles. The first-order valence-electron chi connectivity index (χ1n) is 24.7. The molecular weight excluding hydrogens is 839 g/mol. The van der Waals surface area contributed by atoms with Crippen molar-refractivity contribution in [2.45, 2.75) is 37.5 Å². The molecule has 4 aliphatic carbocycles. The van der Waals surface area contributed by atoms with Crippen molar-refractivity contribution in [1.82, 2.24) is 19.9 Å². The summed E-state index contributed by atoms with van der Waals surface area (Å²) < 4.78 is 0. The van der Waals surface area contributed by atoms with Crippen LogP contribution < -0.4 is 4.90 Å². The molecule has 5 aliphatic rings. The van der Waals surface area contributed by atoms with Gasteiger partial charge in [-0.15, -0.1) is 0 Å². The predicted molar refractivity (Wildman–Crippen MR) is 280 cm³/mol. The molecular formula is C64H49N5. The van der Waals surface area contributed by atoms with Gasteiger partial charge < -0.3 is 4.90 Å². The minimum Gasteiger partial charge on any atom is -0.310 e. The van der Waals surface area contributed by atoms with Crippen LogP contribution in [0.1, 0.15) is 43.2 Å². The maximum absolute atomic E-state index is 5.16. The highest BCUT2D eigenvalue weighted by Gasteiger charge is 2.61. The zero-order valence-corrected chi connectivity index (χ0v) is 38.3. The van der Waals surface area contributed by atoms with Crippen molar-refractivity contribution in [1.29, 1.82) is 0 Å². The molecule has 3 heterocycles. The van der Waals surface area contributed by atoms with Crippen LogP contribution in [0.15, 0.2) is 212 Å². The zero-order chi connectivity index (χ0) is 45.5. The summed E-state index contributed by atoms with van der Waals surface area (Å²) in [6.07, 6.45) is 8.71. The van der Waals surface area contributed by atoms with Gasteiger partial charge in [0.05, 0.1) is 16.9 Å². The second kappa shape index (κ2) is 16.1. The third-order valence-corrected chi connectivity index (χ3v) is 16.1. The Morgan fingerprint density at radius 3 is 1.59 bits per heavy atom. The van der Waals surface area contributed by atoms with Crippen LogP contribution >= 0.6 is 0 Å². The number of pyridine rings is 1. The van der Waals surface area contributed by atoms with Gasteiger partial charge in [-0.25, -0.2) is 15.0 Å². The lowest BCUT2D eigenvalue weighted by molar-refractivity contribution is -0.0419. The molecule has 4 fully saturated rings. The Balaban J connectivity index is 0.844. The van der Waals surface area contributed by atoms with Crippen molar-refractivity contribution >= 4 is 28.0 Å². The molecule has 0 amide bonds. The van der Waals surface area contributed by atoms with Gasteiger partial charge in [-0.05, 0) is 137 Å². The molecule has 0 saturated heterocycles. The van der Waals surface area contributed by atoms with Crippen LogP contribution in [-0.4, -0.2) is 19.9 Å². The van der Waals surface area contributed by atoms with Gasteiger partial charge in [-0.2, -0.15) is 0 Å². The van der Waals surface area contributed by atoms with Gasteiger partial charge in [0, 0.05) is 44.9 Å². The van der Waals surface area contributed by atoms with Crippen LogP contribution in [0.2, 0.25) is 0 Å². The Labute approximate surface area is 403 Å². The maximum Gasteiger partial charge on any atom is 0.164 e. The molecule has 0 radical (unpaired) electrons. The Bertz CT molecular complexity index is 3550. The molecule has 1 spiro atoms. The van der Waals surface area contributed by atoms with E-state index in [2.05, 4.69) is 187 Å². The Kier molecular flexibility index (Phi) is 9.33. The van der Waals surface area contributed by atoms with Crippen molar-refractivity contribution < 1.29 is 0 Å². The highest BCUT2D eigenvalue weighted by Crippen LogP contribution is 2.69. The summed E-state index contributed by atoms with van der Waals surface area (Å²) in [7, 11) is 0. The molecule has 0 N–H and O–H groups in total. The molecule has 4 bridgehead atoms. The summed E-state index contributed by atoms with van der Waals surface area (Å²) in [6.45, 7) is 0. The van der Waals surface area contributed by atoms with E-state index in [9.17, 15) is 0 Å². The van der Waals surface area contributed by atoms with Gasteiger partial charge in [-0.1, -0.05) is 164 Å². The molecule has 330 valence electrons. The SMILES string of the molecule is c1ccc(-c2nc(-c3ccc(-c4cccc5cccnc45)cc3)nc(-c3cccc(-c4cccc(-c5ccc6c(c5)N(c5ccccc5)c5ccccc5C65C6CC7CC(C6)CC5C7)c4)c3)n2)cc1. The van der Waals surface area contributed by atoms with Gasteiger partial charge in [0.15, 0.2) is 17.5 Å². The minimum absolute atomic E-state index is 0.0410.